The molecule has 4 aliphatic carbocycles. The van der Waals surface area contributed by atoms with Crippen LogP contribution in [0, 0.1) is 28.6 Å². The summed E-state index contributed by atoms with van der Waals surface area (Å²) in [7, 11) is 3.23. The van der Waals surface area contributed by atoms with Crippen molar-refractivity contribution in [3.05, 3.63) is 35.4 Å². The molecule has 4 saturated carbocycles. The van der Waals surface area contributed by atoms with E-state index in [9.17, 15) is 20.1 Å². The molecule has 0 bridgehead atoms. The van der Waals surface area contributed by atoms with Gasteiger partial charge in [0.25, 0.3) is 0 Å². The Morgan fingerprint density at radius 3 is 2.52 bits per heavy atom. The number of carbonyl (C=O) groups is 1. The molecule has 8 heteroatoms. The molecular formula is C32H43NO7. The third-order valence-corrected chi connectivity index (χ3v) is 11.7. The van der Waals surface area contributed by atoms with Gasteiger partial charge in [0.2, 0.25) is 0 Å². The molecule has 0 radical (unpaired) electrons. The molecule has 218 valence electrons. The number of esters is 1. The first-order chi connectivity index (χ1) is 19.1. The van der Waals surface area contributed by atoms with E-state index in [0.717, 1.165) is 30.4 Å². The van der Waals surface area contributed by atoms with Crippen LogP contribution < -0.4 is 9.47 Å². The Kier molecular flexibility index (Phi) is 6.83. The number of benzene rings is 1. The van der Waals surface area contributed by atoms with E-state index in [2.05, 4.69) is 6.92 Å². The second-order valence-corrected chi connectivity index (χ2v) is 13.2. The monoisotopic (exact) mass is 553 g/mol. The van der Waals surface area contributed by atoms with Gasteiger partial charge in [0, 0.05) is 29.5 Å². The Bertz CT molecular complexity index is 1230. The van der Waals surface area contributed by atoms with E-state index in [1.54, 1.807) is 20.3 Å². The highest BCUT2D eigenvalue weighted by Gasteiger charge is 2.71. The summed E-state index contributed by atoms with van der Waals surface area (Å²) in [4.78, 5) is 16.8. The number of methoxy groups -OCH3 is 2. The molecule has 0 unspecified atom stereocenters. The van der Waals surface area contributed by atoms with Crippen molar-refractivity contribution in [3.63, 3.8) is 0 Å². The molecule has 3 N–H and O–H groups in total. The smallest absolute Gasteiger partial charge is 0.331 e. The van der Waals surface area contributed by atoms with Crippen LogP contribution >= 0.6 is 0 Å². The maximum Gasteiger partial charge on any atom is 0.331 e. The molecular weight excluding hydrogens is 510 g/mol. The number of hydrogen-bond acceptors (Lipinski definition) is 8. The van der Waals surface area contributed by atoms with Crippen LogP contribution in [0.4, 0.5) is 0 Å². The lowest BCUT2D eigenvalue weighted by Crippen LogP contribution is -2.68. The number of aliphatic hydroxyl groups is 3. The zero-order valence-electron chi connectivity index (χ0n) is 23.9. The fraction of sp³-hybridized carbons (Fsp3) is 0.688. The predicted molar refractivity (Wildman–Crippen MR) is 149 cm³/mol. The minimum absolute atomic E-state index is 0.0120. The Labute approximate surface area is 236 Å². The Hall–Kier alpha value is -2.42. The first-order valence-corrected chi connectivity index (χ1v) is 14.8. The highest BCUT2D eigenvalue weighted by atomic mass is 16.5. The number of hydrogen-bond donors (Lipinski definition) is 3. The maximum atomic E-state index is 12.6. The maximum absolute atomic E-state index is 12.6. The van der Waals surface area contributed by atoms with Crippen LogP contribution in [0.25, 0.3) is 0 Å². The van der Waals surface area contributed by atoms with Crippen molar-refractivity contribution in [2.75, 3.05) is 20.8 Å². The van der Waals surface area contributed by atoms with Crippen LogP contribution in [0.2, 0.25) is 0 Å². The molecule has 8 nitrogen and oxygen atoms in total. The number of fused-ring (bicyclic) bond motifs is 5. The van der Waals surface area contributed by atoms with E-state index in [-0.39, 0.29) is 29.1 Å². The van der Waals surface area contributed by atoms with E-state index >= 15 is 0 Å². The van der Waals surface area contributed by atoms with Gasteiger partial charge < -0.3 is 29.5 Å². The standard InChI is InChI=1S/C32H43NO7/c1-29-10-7-24-25(32(29,37)13-9-23(29)21-15-28(35)40-18-21)8-12-31(36)16-22(34)6-11-30(24,31)19-33-17-20-4-5-26(38-2)27(14-20)39-3/h4-5,14-15,19,22-25,34,36-37H,6-13,16-18H2,1-3H3/t22-,23+,24-,25+,29+,30-,31+,32+/m0/s1. The van der Waals surface area contributed by atoms with Crippen molar-refractivity contribution in [2.45, 2.75) is 88.6 Å². The molecule has 40 heavy (non-hydrogen) atoms. The van der Waals surface area contributed by atoms with Crippen molar-refractivity contribution >= 4 is 12.2 Å². The summed E-state index contributed by atoms with van der Waals surface area (Å²) in [6, 6.07) is 5.77. The van der Waals surface area contributed by atoms with Gasteiger partial charge in [-0.15, -0.1) is 0 Å². The quantitative estimate of drug-likeness (QED) is 0.360. The lowest BCUT2D eigenvalue weighted by molar-refractivity contribution is -0.237. The molecule has 1 heterocycles. The zero-order chi connectivity index (χ0) is 28.3. The number of nitrogens with zero attached hydrogens (tertiary/aromatic N) is 1. The summed E-state index contributed by atoms with van der Waals surface area (Å²) in [5, 5.41) is 35.4. The van der Waals surface area contributed by atoms with E-state index < -0.39 is 22.7 Å². The molecule has 0 aromatic heterocycles. The molecule has 1 aromatic carbocycles. The molecule has 5 aliphatic rings. The van der Waals surface area contributed by atoms with Gasteiger partial charge in [0.15, 0.2) is 11.5 Å². The fourth-order valence-electron chi connectivity index (χ4n) is 9.65. The third-order valence-electron chi connectivity index (χ3n) is 11.7. The van der Waals surface area contributed by atoms with Gasteiger partial charge in [-0.25, -0.2) is 4.79 Å². The Morgan fingerprint density at radius 2 is 1.80 bits per heavy atom. The lowest BCUT2D eigenvalue weighted by atomic mass is 9.41. The molecule has 4 fully saturated rings. The van der Waals surface area contributed by atoms with Crippen molar-refractivity contribution in [3.8, 4) is 11.5 Å². The van der Waals surface area contributed by atoms with Gasteiger partial charge >= 0.3 is 5.97 Å². The Morgan fingerprint density at radius 1 is 1.02 bits per heavy atom. The number of ether oxygens (including phenoxy) is 3. The summed E-state index contributed by atoms with van der Waals surface area (Å²) < 4.78 is 16.1. The fourth-order valence-corrected chi connectivity index (χ4v) is 9.65. The second kappa shape index (κ2) is 9.85. The largest absolute Gasteiger partial charge is 0.493 e. The summed E-state index contributed by atoms with van der Waals surface area (Å²) in [5.41, 5.74) is -0.937. The van der Waals surface area contributed by atoms with E-state index in [0.29, 0.717) is 63.2 Å². The highest BCUT2D eigenvalue weighted by molar-refractivity contribution is 5.85. The van der Waals surface area contributed by atoms with Crippen LogP contribution in [0.3, 0.4) is 0 Å². The van der Waals surface area contributed by atoms with Crippen molar-refractivity contribution in [1.29, 1.82) is 0 Å². The minimum atomic E-state index is -1.07. The van der Waals surface area contributed by atoms with Crippen LogP contribution in [0.5, 0.6) is 11.5 Å². The predicted octanol–water partition coefficient (Wildman–Crippen LogP) is 3.99. The lowest BCUT2D eigenvalue weighted by Gasteiger charge is -2.65. The van der Waals surface area contributed by atoms with Crippen molar-refractivity contribution < 1.29 is 34.3 Å². The molecule has 0 saturated heterocycles. The van der Waals surface area contributed by atoms with Crippen molar-refractivity contribution in [1.82, 2.24) is 0 Å². The summed E-state index contributed by atoms with van der Waals surface area (Å²) in [5.74, 6) is 1.22. The molecule has 6 rings (SSSR count). The third kappa shape index (κ3) is 3.97. The average molecular weight is 554 g/mol. The summed E-state index contributed by atoms with van der Waals surface area (Å²) in [6.07, 6.45) is 9.12. The molecule has 0 amide bonds. The minimum Gasteiger partial charge on any atom is -0.493 e. The number of carbonyl (C=O) groups excluding carboxylic acids is 1. The number of aliphatic hydroxyl groups excluding tert-OH is 1. The van der Waals surface area contributed by atoms with E-state index in [4.69, 9.17) is 19.2 Å². The summed E-state index contributed by atoms with van der Waals surface area (Å²) >= 11 is 0. The van der Waals surface area contributed by atoms with Gasteiger partial charge in [-0.1, -0.05) is 13.0 Å². The van der Waals surface area contributed by atoms with Gasteiger partial charge in [0.05, 0.1) is 38.1 Å². The highest BCUT2D eigenvalue weighted by Crippen LogP contribution is 2.70. The first kappa shape index (κ1) is 27.7. The normalized spacial score (nSPS) is 42.5. The van der Waals surface area contributed by atoms with Gasteiger partial charge in [-0.05, 0) is 92.4 Å². The van der Waals surface area contributed by atoms with Gasteiger partial charge in [-0.3, -0.25) is 4.99 Å². The Balaban J connectivity index is 1.33. The molecule has 0 spiro atoms. The second-order valence-electron chi connectivity index (χ2n) is 13.2. The average Bonchev–Trinajstić information content (AvgIpc) is 3.48. The van der Waals surface area contributed by atoms with Crippen LogP contribution in [-0.4, -0.2) is 65.6 Å². The molecule has 1 aliphatic heterocycles. The zero-order valence-corrected chi connectivity index (χ0v) is 23.9. The summed E-state index contributed by atoms with van der Waals surface area (Å²) in [6.45, 7) is 2.96. The van der Waals surface area contributed by atoms with Crippen molar-refractivity contribution in [2.24, 2.45) is 33.6 Å². The van der Waals surface area contributed by atoms with E-state index in [1.807, 2.05) is 24.4 Å². The van der Waals surface area contributed by atoms with Crippen LogP contribution in [-0.2, 0) is 16.1 Å². The van der Waals surface area contributed by atoms with Crippen LogP contribution in [0.1, 0.15) is 70.3 Å². The first-order valence-electron chi connectivity index (χ1n) is 14.8. The number of rotatable bonds is 6. The van der Waals surface area contributed by atoms with Gasteiger partial charge in [0.1, 0.15) is 6.61 Å². The SMILES string of the molecule is COc1ccc(CN=C[C@]23CC[C@H](O)C[C@]2(O)CC[C@@H]2[C@@H]3CC[C@]3(C)[C@@H](C4=CC(=O)OC4)CC[C@@]23O)cc1OC. The van der Waals surface area contributed by atoms with E-state index in [1.165, 1.54) is 0 Å². The van der Waals surface area contributed by atoms with Crippen LogP contribution in [0.15, 0.2) is 34.8 Å². The number of cyclic esters (lactones) is 1. The topological polar surface area (TPSA) is 118 Å². The molecule has 1 aromatic rings. The number of aliphatic imine (C=N–C) groups is 1. The molecule has 8 atom stereocenters. The van der Waals surface area contributed by atoms with Gasteiger partial charge in [-0.2, -0.15) is 0 Å².